The molecule has 0 spiro atoms. The van der Waals surface area contributed by atoms with Crippen LogP contribution in [-0.2, 0) is 22.9 Å². The molecule has 1 aliphatic rings. The number of hydrogen-bond donors (Lipinski definition) is 2. The van der Waals surface area contributed by atoms with E-state index in [1.165, 1.54) is 18.3 Å². The molecule has 1 aromatic heterocycles. The fourth-order valence-corrected chi connectivity index (χ4v) is 5.49. The molecular formula is C31H32ClF4N3O2. The number of pyridine rings is 1. The normalized spacial score (nSPS) is 18.7. The molecule has 218 valence electrons. The predicted molar refractivity (Wildman–Crippen MR) is 150 cm³/mol. The first-order valence-corrected chi connectivity index (χ1v) is 13.7. The predicted octanol–water partition coefficient (Wildman–Crippen LogP) is 7.79. The second kappa shape index (κ2) is 12.9. The molecule has 1 fully saturated rings. The van der Waals surface area contributed by atoms with E-state index in [1.54, 1.807) is 37.4 Å². The van der Waals surface area contributed by atoms with Gasteiger partial charge in [0.05, 0.1) is 29.1 Å². The Balaban J connectivity index is 1.71. The molecule has 0 radical (unpaired) electrons. The van der Waals surface area contributed by atoms with Gasteiger partial charge < -0.3 is 15.4 Å². The lowest BCUT2D eigenvalue weighted by Gasteiger charge is -2.37. The number of benzene rings is 2. The molecular weight excluding hydrogens is 558 g/mol. The van der Waals surface area contributed by atoms with E-state index in [-0.39, 0.29) is 23.7 Å². The van der Waals surface area contributed by atoms with Crippen LogP contribution in [0.5, 0.6) is 0 Å². The third kappa shape index (κ3) is 7.79. The Bertz CT molecular complexity index is 1340. The number of rotatable bonds is 9. The summed E-state index contributed by atoms with van der Waals surface area (Å²) < 4.78 is 61.4. The van der Waals surface area contributed by atoms with E-state index in [0.717, 1.165) is 44.2 Å². The molecule has 0 aliphatic heterocycles. The summed E-state index contributed by atoms with van der Waals surface area (Å²) in [7, 11) is 1.59. The van der Waals surface area contributed by atoms with Gasteiger partial charge in [-0.15, -0.1) is 0 Å². The van der Waals surface area contributed by atoms with Gasteiger partial charge in [0, 0.05) is 25.1 Å². The minimum atomic E-state index is -4.81. The van der Waals surface area contributed by atoms with E-state index < -0.39 is 29.1 Å². The van der Waals surface area contributed by atoms with Gasteiger partial charge in [-0.05, 0) is 73.1 Å². The van der Waals surface area contributed by atoms with Gasteiger partial charge >= 0.3 is 12.2 Å². The minimum Gasteiger partial charge on any atom is -0.502 e. The SMILES string of the molecule is C=C(C[C@H]1CC[C@H](NC(=O)N[C@@](Cc2ccccc2)(c2cc(F)cc(C(F)(F)F)c2)c2ccc(Cl)cn2)CC1)OC. The maximum absolute atomic E-state index is 14.8. The van der Waals surface area contributed by atoms with Crippen LogP contribution in [-0.4, -0.2) is 24.2 Å². The number of nitrogens with one attached hydrogen (secondary N) is 2. The van der Waals surface area contributed by atoms with Gasteiger partial charge in [-0.2, -0.15) is 13.2 Å². The summed E-state index contributed by atoms with van der Waals surface area (Å²) in [6, 6.07) is 13.5. The molecule has 0 bridgehead atoms. The van der Waals surface area contributed by atoms with Crippen LogP contribution < -0.4 is 10.6 Å². The van der Waals surface area contributed by atoms with Crippen molar-refractivity contribution in [2.75, 3.05) is 7.11 Å². The zero-order chi connectivity index (χ0) is 29.6. The number of alkyl halides is 3. The topological polar surface area (TPSA) is 63.2 Å². The lowest BCUT2D eigenvalue weighted by molar-refractivity contribution is -0.137. The Labute approximate surface area is 242 Å². The number of amides is 2. The van der Waals surface area contributed by atoms with Crippen molar-refractivity contribution in [3.63, 3.8) is 0 Å². The lowest BCUT2D eigenvalue weighted by Crippen LogP contribution is -2.54. The van der Waals surface area contributed by atoms with Crippen molar-refractivity contribution in [3.8, 4) is 0 Å². The average molecular weight is 590 g/mol. The number of urea groups is 1. The first kappa shape index (κ1) is 30.4. The molecule has 41 heavy (non-hydrogen) atoms. The van der Waals surface area contributed by atoms with Gasteiger partial charge in [-0.1, -0.05) is 48.5 Å². The van der Waals surface area contributed by atoms with E-state index >= 15 is 0 Å². The van der Waals surface area contributed by atoms with Crippen LogP contribution in [0.3, 0.4) is 0 Å². The average Bonchev–Trinajstić information content (AvgIpc) is 2.93. The van der Waals surface area contributed by atoms with Crippen molar-refractivity contribution in [1.82, 2.24) is 15.6 Å². The third-order valence-electron chi connectivity index (χ3n) is 7.51. The molecule has 1 atom stereocenters. The third-order valence-corrected chi connectivity index (χ3v) is 7.73. The molecule has 0 saturated heterocycles. The van der Waals surface area contributed by atoms with E-state index in [9.17, 15) is 22.4 Å². The number of nitrogens with zero attached hydrogens (tertiary/aromatic N) is 1. The summed E-state index contributed by atoms with van der Waals surface area (Å²) >= 11 is 6.08. The summed E-state index contributed by atoms with van der Waals surface area (Å²) in [6.45, 7) is 3.89. The molecule has 2 amide bonds. The van der Waals surface area contributed by atoms with Crippen LogP contribution in [0.2, 0.25) is 5.02 Å². The highest BCUT2D eigenvalue weighted by Crippen LogP contribution is 2.38. The van der Waals surface area contributed by atoms with Crippen LogP contribution in [0.25, 0.3) is 0 Å². The van der Waals surface area contributed by atoms with Crippen LogP contribution in [0, 0.1) is 11.7 Å². The molecule has 0 unspecified atom stereocenters. The number of carbonyl (C=O) groups is 1. The number of ether oxygens (including phenoxy) is 1. The number of allylic oxidation sites excluding steroid dienone is 1. The number of aromatic nitrogens is 1. The van der Waals surface area contributed by atoms with Gasteiger partial charge in [0.15, 0.2) is 0 Å². The van der Waals surface area contributed by atoms with Gasteiger partial charge in [0.2, 0.25) is 0 Å². The molecule has 4 rings (SSSR count). The van der Waals surface area contributed by atoms with Crippen LogP contribution >= 0.6 is 11.6 Å². The molecule has 2 aromatic carbocycles. The van der Waals surface area contributed by atoms with Gasteiger partial charge in [0.25, 0.3) is 0 Å². The highest BCUT2D eigenvalue weighted by molar-refractivity contribution is 6.30. The Kier molecular flexibility index (Phi) is 9.58. The standard InChI is InChI=1S/C31H32ClF4N3O2/c1-20(41-2)14-21-8-11-27(12-9-21)38-29(40)39-30(18-22-6-4-3-5-7-22,28-13-10-25(32)19-37-28)23-15-24(31(34,35)36)17-26(33)16-23/h3-7,10,13,15-17,19,21,27H,1,8-9,11-12,14,18H2,2H3,(H2,38,39,40)/t21-,27-,30-/m0/s1. The molecule has 2 N–H and O–H groups in total. The van der Waals surface area contributed by atoms with Crippen molar-refractivity contribution in [2.24, 2.45) is 5.92 Å². The molecule has 1 saturated carbocycles. The fraction of sp³-hybridized carbons (Fsp3) is 0.355. The van der Waals surface area contributed by atoms with Gasteiger partial charge in [-0.25, -0.2) is 9.18 Å². The highest BCUT2D eigenvalue weighted by Gasteiger charge is 2.41. The van der Waals surface area contributed by atoms with Crippen molar-refractivity contribution < 1.29 is 27.1 Å². The van der Waals surface area contributed by atoms with Crippen molar-refractivity contribution in [3.05, 3.63) is 112 Å². The maximum Gasteiger partial charge on any atom is 0.416 e. The fourth-order valence-electron chi connectivity index (χ4n) is 5.38. The zero-order valence-electron chi connectivity index (χ0n) is 22.6. The van der Waals surface area contributed by atoms with Crippen LogP contribution in [0.15, 0.2) is 79.2 Å². The quantitative estimate of drug-likeness (QED) is 0.198. The molecule has 5 nitrogen and oxygen atoms in total. The summed E-state index contributed by atoms with van der Waals surface area (Å²) in [5, 5.41) is 6.20. The first-order chi connectivity index (χ1) is 19.5. The Hall–Kier alpha value is -3.59. The van der Waals surface area contributed by atoms with Crippen LogP contribution in [0.1, 0.15) is 54.5 Å². The summed E-state index contributed by atoms with van der Waals surface area (Å²) in [5.41, 5.74) is -2.02. The van der Waals surface area contributed by atoms with Crippen LogP contribution in [0.4, 0.5) is 22.4 Å². The maximum atomic E-state index is 14.8. The Morgan fingerprint density at radius 2 is 1.73 bits per heavy atom. The molecule has 10 heteroatoms. The second-order valence-electron chi connectivity index (χ2n) is 10.4. The Morgan fingerprint density at radius 3 is 2.34 bits per heavy atom. The smallest absolute Gasteiger partial charge is 0.416 e. The summed E-state index contributed by atoms with van der Waals surface area (Å²) in [5.74, 6) is 0.0279. The monoisotopic (exact) mass is 589 g/mol. The summed E-state index contributed by atoms with van der Waals surface area (Å²) in [4.78, 5) is 18.0. The van der Waals surface area contributed by atoms with E-state index in [1.807, 2.05) is 0 Å². The number of halogens is 5. The minimum absolute atomic E-state index is 0.00249. The molecule has 3 aromatic rings. The zero-order valence-corrected chi connectivity index (χ0v) is 23.4. The van der Waals surface area contributed by atoms with E-state index in [4.69, 9.17) is 16.3 Å². The van der Waals surface area contributed by atoms with Gasteiger partial charge in [-0.3, -0.25) is 4.98 Å². The second-order valence-corrected chi connectivity index (χ2v) is 10.9. The number of carbonyl (C=O) groups excluding carboxylic acids is 1. The number of hydrogen-bond acceptors (Lipinski definition) is 3. The van der Waals surface area contributed by atoms with Crippen molar-refractivity contribution in [2.45, 2.75) is 56.3 Å². The van der Waals surface area contributed by atoms with Crippen molar-refractivity contribution >= 4 is 17.6 Å². The summed E-state index contributed by atoms with van der Waals surface area (Å²) in [6.07, 6.45) is 0.449. The van der Waals surface area contributed by atoms with Crippen molar-refractivity contribution in [1.29, 1.82) is 0 Å². The van der Waals surface area contributed by atoms with E-state index in [0.29, 0.717) is 28.3 Å². The van der Waals surface area contributed by atoms with E-state index in [2.05, 4.69) is 22.2 Å². The highest BCUT2D eigenvalue weighted by atomic mass is 35.5. The molecule has 1 aliphatic carbocycles. The first-order valence-electron chi connectivity index (χ1n) is 13.3. The molecule has 1 heterocycles. The largest absolute Gasteiger partial charge is 0.502 e. The Morgan fingerprint density at radius 1 is 1.05 bits per heavy atom. The van der Waals surface area contributed by atoms with Gasteiger partial charge in [0.1, 0.15) is 11.4 Å². The number of methoxy groups -OCH3 is 1. The lowest BCUT2D eigenvalue weighted by atomic mass is 9.79.